The van der Waals surface area contributed by atoms with E-state index < -0.39 is 0 Å². The molecule has 1 aromatic heterocycles. The fourth-order valence-electron chi connectivity index (χ4n) is 4.37. The van der Waals surface area contributed by atoms with Gasteiger partial charge in [-0.3, -0.25) is 9.78 Å². The van der Waals surface area contributed by atoms with Gasteiger partial charge in [-0.15, -0.1) is 0 Å². The monoisotopic (exact) mass is 469 g/mol. The summed E-state index contributed by atoms with van der Waals surface area (Å²) in [6.07, 6.45) is 5.69. The first-order valence-electron chi connectivity index (χ1n) is 11.0. The van der Waals surface area contributed by atoms with Crippen LogP contribution in [0.2, 0.25) is 10.0 Å². The maximum absolute atomic E-state index is 13.1. The number of phenolic OH excluding ortho intramolecular Hbond substituents is 1. The van der Waals surface area contributed by atoms with Gasteiger partial charge in [0, 0.05) is 23.5 Å². The van der Waals surface area contributed by atoms with E-state index in [0.717, 1.165) is 66.5 Å². The second-order valence-electron chi connectivity index (χ2n) is 8.93. The molecule has 0 bridgehead atoms. The third kappa shape index (κ3) is 4.17. The molecule has 5 rings (SSSR count). The molecule has 166 valence electrons. The summed E-state index contributed by atoms with van der Waals surface area (Å²) in [6, 6.07) is 9.63. The predicted molar refractivity (Wildman–Crippen MR) is 130 cm³/mol. The van der Waals surface area contributed by atoms with Gasteiger partial charge in [0.2, 0.25) is 0 Å². The van der Waals surface area contributed by atoms with Crippen molar-refractivity contribution < 1.29 is 9.90 Å². The van der Waals surface area contributed by atoms with Crippen LogP contribution in [0.4, 0.5) is 5.69 Å². The SMILES string of the molecule is CN1CCC(Nc2c(C(=O)C3CC3)cnc3ccc(-c4cc(Cl)c(O)c(Cl)c4)cc23)CC1. The van der Waals surface area contributed by atoms with Gasteiger partial charge < -0.3 is 15.3 Å². The Morgan fingerprint density at radius 2 is 1.75 bits per heavy atom. The number of carbonyl (C=O) groups is 1. The van der Waals surface area contributed by atoms with Crippen molar-refractivity contribution in [1.82, 2.24) is 9.88 Å². The minimum absolute atomic E-state index is 0.116. The van der Waals surface area contributed by atoms with Gasteiger partial charge in [-0.2, -0.15) is 0 Å². The number of aromatic hydroxyl groups is 1. The topological polar surface area (TPSA) is 65.5 Å². The molecule has 0 atom stereocenters. The van der Waals surface area contributed by atoms with Gasteiger partial charge in [0.05, 0.1) is 26.8 Å². The summed E-state index contributed by atoms with van der Waals surface area (Å²) in [4.78, 5) is 20.0. The predicted octanol–water partition coefficient (Wildman–Crippen LogP) is 6.01. The molecule has 1 saturated heterocycles. The molecule has 0 amide bonds. The average Bonchev–Trinajstić information content (AvgIpc) is 3.63. The number of halogens is 2. The molecule has 0 radical (unpaired) electrons. The van der Waals surface area contributed by atoms with Gasteiger partial charge in [0.25, 0.3) is 0 Å². The van der Waals surface area contributed by atoms with Crippen LogP contribution in [0.1, 0.15) is 36.0 Å². The number of carbonyl (C=O) groups excluding carboxylic acids is 1. The van der Waals surface area contributed by atoms with Crippen molar-refractivity contribution in [1.29, 1.82) is 0 Å². The normalized spacial score (nSPS) is 17.6. The number of rotatable bonds is 5. The number of fused-ring (bicyclic) bond motifs is 1. The standard InChI is InChI=1S/C25H25Cl2N3O2/c1-30-8-6-17(7-9-30)29-23-18-10-15(16-11-20(26)25(32)21(27)12-16)4-5-22(18)28-13-19(23)24(31)14-2-3-14/h4-5,10-14,17,32H,2-3,6-9H2,1H3,(H,28,29). The molecule has 0 spiro atoms. The van der Waals surface area contributed by atoms with Gasteiger partial charge in [-0.05, 0) is 81.2 Å². The van der Waals surface area contributed by atoms with E-state index in [1.165, 1.54) is 0 Å². The molecule has 2 N–H and O–H groups in total. The van der Waals surface area contributed by atoms with Crippen LogP contribution < -0.4 is 5.32 Å². The Bertz CT molecular complexity index is 1180. The first kappa shape index (κ1) is 21.5. The number of Topliss-reactive ketones (excluding diaryl/α,β-unsaturated/α-hetero) is 1. The van der Waals surface area contributed by atoms with E-state index in [4.69, 9.17) is 23.2 Å². The van der Waals surface area contributed by atoms with E-state index in [9.17, 15) is 9.90 Å². The minimum atomic E-state index is -0.124. The largest absolute Gasteiger partial charge is 0.505 e. The number of hydrogen-bond acceptors (Lipinski definition) is 5. The number of nitrogens with one attached hydrogen (secondary N) is 1. The number of anilines is 1. The molecule has 2 fully saturated rings. The number of benzene rings is 2. The van der Waals surface area contributed by atoms with Crippen molar-refractivity contribution in [2.75, 3.05) is 25.5 Å². The zero-order valence-corrected chi connectivity index (χ0v) is 19.4. The average molecular weight is 470 g/mol. The Labute approximate surface area is 197 Å². The molecule has 1 aliphatic heterocycles. The van der Waals surface area contributed by atoms with Gasteiger partial charge in [0.15, 0.2) is 11.5 Å². The number of aromatic nitrogens is 1. The maximum Gasteiger partial charge on any atom is 0.169 e. The van der Waals surface area contributed by atoms with Crippen molar-refractivity contribution >= 4 is 45.6 Å². The highest BCUT2D eigenvalue weighted by atomic mass is 35.5. The number of likely N-dealkylation sites (tertiary alicyclic amines) is 1. The molecule has 0 unspecified atom stereocenters. The molecule has 2 aromatic carbocycles. The van der Waals surface area contributed by atoms with E-state index in [2.05, 4.69) is 22.2 Å². The van der Waals surface area contributed by atoms with Crippen molar-refractivity contribution in [2.45, 2.75) is 31.7 Å². The smallest absolute Gasteiger partial charge is 0.169 e. The Morgan fingerprint density at radius 3 is 2.41 bits per heavy atom. The van der Waals surface area contributed by atoms with Crippen LogP contribution in [0.5, 0.6) is 5.75 Å². The highest BCUT2D eigenvalue weighted by Crippen LogP contribution is 2.40. The van der Waals surface area contributed by atoms with Crippen molar-refractivity contribution in [2.24, 2.45) is 5.92 Å². The van der Waals surface area contributed by atoms with Crippen molar-refractivity contribution in [3.05, 3.63) is 52.1 Å². The van der Waals surface area contributed by atoms with Gasteiger partial charge in [0.1, 0.15) is 0 Å². The molecule has 3 aromatic rings. The maximum atomic E-state index is 13.1. The van der Waals surface area contributed by atoms with Gasteiger partial charge in [-0.25, -0.2) is 0 Å². The molecule has 2 aliphatic rings. The highest BCUT2D eigenvalue weighted by molar-refractivity contribution is 6.37. The molecule has 2 heterocycles. The van der Waals surface area contributed by atoms with Crippen LogP contribution >= 0.6 is 23.2 Å². The highest BCUT2D eigenvalue weighted by Gasteiger charge is 2.33. The fraction of sp³-hybridized carbons (Fsp3) is 0.360. The van der Waals surface area contributed by atoms with Crippen LogP contribution in [-0.4, -0.2) is 47.0 Å². The third-order valence-corrected chi connectivity index (χ3v) is 7.08. The van der Waals surface area contributed by atoms with Crippen LogP contribution in [0.3, 0.4) is 0 Å². The van der Waals surface area contributed by atoms with E-state index in [-0.39, 0.29) is 27.5 Å². The molecule has 1 saturated carbocycles. The number of pyridine rings is 1. The summed E-state index contributed by atoms with van der Waals surface area (Å²) in [5.41, 5.74) is 4.07. The van der Waals surface area contributed by atoms with E-state index >= 15 is 0 Å². The quantitative estimate of drug-likeness (QED) is 0.447. The number of ketones is 1. The van der Waals surface area contributed by atoms with Gasteiger partial charge >= 0.3 is 0 Å². The van der Waals surface area contributed by atoms with E-state index in [1.807, 2.05) is 18.2 Å². The summed E-state index contributed by atoms with van der Waals surface area (Å²) < 4.78 is 0. The zero-order chi connectivity index (χ0) is 22.4. The lowest BCUT2D eigenvalue weighted by Crippen LogP contribution is -2.37. The summed E-state index contributed by atoms with van der Waals surface area (Å²) in [6.45, 7) is 2.06. The molecular weight excluding hydrogens is 445 g/mol. The van der Waals surface area contributed by atoms with E-state index in [0.29, 0.717) is 11.6 Å². The second-order valence-corrected chi connectivity index (χ2v) is 9.74. The molecular formula is C25H25Cl2N3O2. The Kier molecular flexibility index (Phi) is 5.74. The Balaban J connectivity index is 1.62. The first-order chi connectivity index (χ1) is 15.4. The lowest BCUT2D eigenvalue weighted by molar-refractivity contribution is 0.0968. The molecule has 7 heteroatoms. The first-order valence-corrected chi connectivity index (χ1v) is 11.8. The van der Waals surface area contributed by atoms with Crippen LogP contribution in [0, 0.1) is 5.92 Å². The van der Waals surface area contributed by atoms with Crippen LogP contribution in [-0.2, 0) is 0 Å². The van der Waals surface area contributed by atoms with Gasteiger partial charge in [-0.1, -0.05) is 29.3 Å². The second kappa shape index (κ2) is 8.54. The van der Waals surface area contributed by atoms with E-state index in [1.54, 1.807) is 18.3 Å². The number of piperidine rings is 1. The number of hydrogen-bond donors (Lipinski definition) is 2. The lowest BCUT2D eigenvalue weighted by Gasteiger charge is -2.31. The van der Waals surface area contributed by atoms with Crippen LogP contribution in [0.25, 0.3) is 22.0 Å². The van der Waals surface area contributed by atoms with Crippen molar-refractivity contribution in [3.8, 4) is 16.9 Å². The summed E-state index contributed by atoms with van der Waals surface area (Å²) >= 11 is 12.3. The number of phenols is 1. The summed E-state index contributed by atoms with van der Waals surface area (Å²) in [7, 11) is 2.14. The Hall–Kier alpha value is -2.34. The molecule has 5 nitrogen and oxygen atoms in total. The molecule has 32 heavy (non-hydrogen) atoms. The molecule has 1 aliphatic carbocycles. The summed E-state index contributed by atoms with van der Waals surface area (Å²) in [5, 5.41) is 14.9. The minimum Gasteiger partial charge on any atom is -0.505 e. The summed E-state index contributed by atoms with van der Waals surface area (Å²) in [5.74, 6) is 0.169. The fourth-order valence-corrected chi connectivity index (χ4v) is 4.86. The zero-order valence-electron chi connectivity index (χ0n) is 17.9. The number of nitrogens with zero attached hydrogens (tertiary/aromatic N) is 2. The third-order valence-electron chi connectivity index (χ3n) is 6.50. The van der Waals surface area contributed by atoms with Crippen LogP contribution in [0.15, 0.2) is 36.5 Å². The lowest BCUT2D eigenvalue weighted by atomic mass is 9.97. The van der Waals surface area contributed by atoms with Crippen molar-refractivity contribution in [3.63, 3.8) is 0 Å². The Morgan fingerprint density at radius 1 is 1.06 bits per heavy atom.